The number of ether oxygens (including phenoxy) is 4. The first-order valence-corrected chi connectivity index (χ1v) is 9.91. The van der Waals surface area contributed by atoms with E-state index in [2.05, 4.69) is 0 Å². The summed E-state index contributed by atoms with van der Waals surface area (Å²) in [6.07, 6.45) is 1.91. The van der Waals surface area contributed by atoms with Crippen molar-refractivity contribution in [2.75, 3.05) is 28.4 Å². The number of hydrogen-bond acceptors (Lipinski definition) is 6. The fourth-order valence-corrected chi connectivity index (χ4v) is 3.52. The first-order valence-electron chi connectivity index (χ1n) is 9.91. The van der Waals surface area contributed by atoms with Crippen molar-refractivity contribution in [1.29, 1.82) is 0 Å². The summed E-state index contributed by atoms with van der Waals surface area (Å²) in [4.78, 5) is 24.5. The minimum Gasteiger partial charge on any atom is -0.497 e. The summed E-state index contributed by atoms with van der Waals surface area (Å²) < 4.78 is 20.4. The maximum Gasteiger partial charge on any atom is 0.309 e. The van der Waals surface area contributed by atoms with Crippen molar-refractivity contribution in [2.24, 2.45) is 11.8 Å². The molecule has 0 N–H and O–H groups in total. The zero-order valence-electron chi connectivity index (χ0n) is 18.1. The quantitative estimate of drug-likeness (QED) is 0.520. The lowest BCUT2D eigenvalue weighted by Gasteiger charge is -2.25. The van der Waals surface area contributed by atoms with Gasteiger partial charge in [-0.05, 0) is 60.6 Å². The molecular weight excluding hydrogens is 384 g/mol. The lowest BCUT2D eigenvalue weighted by Crippen LogP contribution is -2.29. The third kappa shape index (κ3) is 6.79. The van der Waals surface area contributed by atoms with E-state index in [1.54, 1.807) is 14.2 Å². The fraction of sp³-hybridized carbons (Fsp3) is 0.417. The molecule has 0 aliphatic heterocycles. The van der Waals surface area contributed by atoms with Crippen molar-refractivity contribution in [3.63, 3.8) is 0 Å². The van der Waals surface area contributed by atoms with Crippen LogP contribution in [0.3, 0.4) is 0 Å². The summed E-state index contributed by atoms with van der Waals surface area (Å²) in [5, 5.41) is 0. The second-order valence-corrected chi connectivity index (χ2v) is 7.11. The van der Waals surface area contributed by atoms with Crippen LogP contribution in [-0.4, -0.2) is 40.4 Å². The zero-order valence-corrected chi connectivity index (χ0v) is 18.1. The molecule has 0 amide bonds. The van der Waals surface area contributed by atoms with Gasteiger partial charge in [0.25, 0.3) is 0 Å². The van der Waals surface area contributed by atoms with Crippen molar-refractivity contribution in [3.8, 4) is 11.5 Å². The van der Waals surface area contributed by atoms with Crippen LogP contribution in [0.25, 0.3) is 0 Å². The minimum atomic E-state index is -0.393. The maximum absolute atomic E-state index is 12.7. The van der Waals surface area contributed by atoms with E-state index in [9.17, 15) is 9.59 Å². The predicted molar refractivity (Wildman–Crippen MR) is 114 cm³/mol. The molecule has 2 aromatic carbocycles. The van der Waals surface area contributed by atoms with Crippen LogP contribution in [0.2, 0.25) is 0 Å². The van der Waals surface area contributed by atoms with Crippen LogP contribution in [0.1, 0.15) is 24.0 Å². The second-order valence-electron chi connectivity index (χ2n) is 7.11. The molecule has 0 saturated carbocycles. The highest BCUT2D eigenvalue weighted by Gasteiger charge is 2.30. The molecule has 0 aliphatic carbocycles. The lowest BCUT2D eigenvalue weighted by molar-refractivity contribution is -0.148. The SMILES string of the molecule is COC(=O)CC[C@@H](Cc1ccc(OC)cc1)[C@H](Cc1ccc(OC)cc1)C(=O)OC. The standard InChI is InChI=1S/C24H30O6/c1-27-20-10-5-17(6-11-20)15-19(9-14-23(25)29-3)22(24(26)30-4)16-18-7-12-21(28-2)13-8-18/h5-8,10-13,19,22H,9,14-16H2,1-4H3/t19-,22-/m0/s1. The van der Waals surface area contributed by atoms with Gasteiger partial charge in [0, 0.05) is 6.42 Å². The van der Waals surface area contributed by atoms with E-state index in [1.165, 1.54) is 14.2 Å². The average Bonchev–Trinajstić information content (AvgIpc) is 2.80. The Morgan fingerprint density at radius 2 is 1.23 bits per heavy atom. The van der Waals surface area contributed by atoms with E-state index in [4.69, 9.17) is 18.9 Å². The van der Waals surface area contributed by atoms with Crippen molar-refractivity contribution >= 4 is 11.9 Å². The van der Waals surface area contributed by atoms with Crippen LogP contribution < -0.4 is 9.47 Å². The number of hydrogen-bond donors (Lipinski definition) is 0. The summed E-state index contributed by atoms with van der Waals surface area (Å²) in [6.45, 7) is 0. The fourth-order valence-electron chi connectivity index (χ4n) is 3.52. The summed E-state index contributed by atoms with van der Waals surface area (Å²) in [6, 6.07) is 15.4. The number of esters is 2. The molecule has 6 heteroatoms. The molecule has 0 aliphatic rings. The summed E-state index contributed by atoms with van der Waals surface area (Å²) in [5.41, 5.74) is 2.07. The van der Waals surface area contributed by atoms with Crippen molar-refractivity contribution in [3.05, 3.63) is 59.7 Å². The summed E-state index contributed by atoms with van der Waals surface area (Å²) in [5.74, 6) is 0.473. The molecule has 0 bridgehead atoms. The van der Waals surface area contributed by atoms with Crippen molar-refractivity contribution in [1.82, 2.24) is 0 Å². The molecule has 6 nitrogen and oxygen atoms in total. The van der Waals surface area contributed by atoms with Crippen LogP contribution >= 0.6 is 0 Å². The number of rotatable bonds is 11. The molecule has 2 rings (SSSR count). The number of methoxy groups -OCH3 is 4. The molecule has 2 atom stereocenters. The third-order valence-corrected chi connectivity index (χ3v) is 5.29. The van der Waals surface area contributed by atoms with E-state index in [0.29, 0.717) is 19.3 Å². The average molecular weight is 414 g/mol. The Labute approximate surface area is 178 Å². The monoisotopic (exact) mass is 414 g/mol. The molecule has 30 heavy (non-hydrogen) atoms. The van der Waals surface area contributed by atoms with Gasteiger partial charge in [-0.3, -0.25) is 9.59 Å². The van der Waals surface area contributed by atoms with Crippen LogP contribution in [-0.2, 0) is 31.9 Å². The van der Waals surface area contributed by atoms with Crippen LogP contribution in [0, 0.1) is 11.8 Å². The molecule has 0 fully saturated rings. The van der Waals surface area contributed by atoms with Gasteiger partial charge in [0.2, 0.25) is 0 Å². The van der Waals surface area contributed by atoms with Crippen LogP contribution in [0.5, 0.6) is 11.5 Å². The third-order valence-electron chi connectivity index (χ3n) is 5.29. The maximum atomic E-state index is 12.7. The van der Waals surface area contributed by atoms with E-state index in [1.807, 2.05) is 48.5 Å². The van der Waals surface area contributed by atoms with E-state index in [0.717, 1.165) is 22.6 Å². The summed E-state index contributed by atoms with van der Waals surface area (Å²) in [7, 11) is 6.00. The van der Waals surface area contributed by atoms with Gasteiger partial charge < -0.3 is 18.9 Å². The Balaban J connectivity index is 2.26. The summed E-state index contributed by atoms with van der Waals surface area (Å²) >= 11 is 0. The van der Waals surface area contributed by atoms with Crippen molar-refractivity contribution in [2.45, 2.75) is 25.7 Å². The Kier molecular flexibility index (Phi) is 9.19. The van der Waals surface area contributed by atoms with Gasteiger partial charge in [-0.15, -0.1) is 0 Å². The van der Waals surface area contributed by atoms with E-state index >= 15 is 0 Å². The van der Waals surface area contributed by atoms with Crippen LogP contribution in [0.4, 0.5) is 0 Å². The Hall–Kier alpha value is -3.02. The normalized spacial score (nSPS) is 12.5. The van der Waals surface area contributed by atoms with Crippen molar-refractivity contribution < 1.29 is 28.5 Å². The molecule has 162 valence electrons. The van der Waals surface area contributed by atoms with Gasteiger partial charge in [0.1, 0.15) is 11.5 Å². The van der Waals surface area contributed by atoms with Gasteiger partial charge in [0.15, 0.2) is 0 Å². The van der Waals surface area contributed by atoms with Gasteiger partial charge in [-0.25, -0.2) is 0 Å². The number of benzene rings is 2. The molecule has 0 spiro atoms. The Morgan fingerprint density at radius 3 is 1.67 bits per heavy atom. The van der Waals surface area contributed by atoms with E-state index in [-0.39, 0.29) is 24.3 Å². The van der Waals surface area contributed by atoms with Gasteiger partial charge in [0.05, 0.1) is 34.4 Å². The molecule has 0 unspecified atom stereocenters. The molecule has 0 saturated heterocycles. The molecule has 0 aromatic heterocycles. The zero-order chi connectivity index (χ0) is 21.9. The molecule has 0 radical (unpaired) electrons. The number of carbonyl (C=O) groups is 2. The van der Waals surface area contributed by atoms with E-state index < -0.39 is 5.92 Å². The highest BCUT2D eigenvalue weighted by molar-refractivity contribution is 5.73. The predicted octanol–water partition coefficient (Wildman–Crippen LogP) is 3.85. The first kappa shape index (κ1) is 23.3. The second kappa shape index (κ2) is 11.9. The van der Waals surface area contributed by atoms with Gasteiger partial charge in [-0.2, -0.15) is 0 Å². The highest BCUT2D eigenvalue weighted by Crippen LogP contribution is 2.29. The number of carbonyl (C=O) groups excluding carboxylic acids is 2. The van der Waals surface area contributed by atoms with Crippen LogP contribution in [0.15, 0.2) is 48.5 Å². The lowest BCUT2D eigenvalue weighted by atomic mass is 9.80. The molecular formula is C24H30O6. The Bertz CT molecular complexity index is 797. The van der Waals surface area contributed by atoms with Gasteiger partial charge >= 0.3 is 11.9 Å². The smallest absolute Gasteiger partial charge is 0.309 e. The highest BCUT2D eigenvalue weighted by atomic mass is 16.5. The molecule has 2 aromatic rings. The van der Waals surface area contributed by atoms with Gasteiger partial charge in [-0.1, -0.05) is 24.3 Å². The Morgan fingerprint density at radius 1 is 0.733 bits per heavy atom. The minimum absolute atomic E-state index is 0.0907. The first-order chi connectivity index (χ1) is 14.5. The largest absolute Gasteiger partial charge is 0.497 e. The topological polar surface area (TPSA) is 71.1 Å². The molecule has 0 heterocycles.